The Balaban J connectivity index is 2.65. The van der Waals surface area contributed by atoms with Crippen molar-refractivity contribution in [2.75, 3.05) is 13.2 Å². The van der Waals surface area contributed by atoms with Crippen LogP contribution < -0.4 is 10.1 Å². The van der Waals surface area contributed by atoms with Gasteiger partial charge in [0.05, 0.1) is 18.8 Å². The van der Waals surface area contributed by atoms with Gasteiger partial charge in [0.25, 0.3) is 5.91 Å². The summed E-state index contributed by atoms with van der Waals surface area (Å²) in [5, 5.41) is 21.3. The monoisotopic (exact) mass is 345 g/mol. The number of rotatable bonds is 7. The van der Waals surface area contributed by atoms with Crippen molar-refractivity contribution in [1.82, 2.24) is 5.32 Å². The molecule has 0 aliphatic heterocycles. The molecule has 1 amide bonds. The first-order valence-electron chi connectivity index (χ1n) is 6.42. The molecular weight excluding hydrogens is 326 g/mol. The van der Waals surface area contributed by atoms with Gasteiger partial charge in [-0.25, -0.2) is 0 Å². The van der Waals surface area contributed by atoms with Crippen LogP contribution in [0, 0.1) is 0 Å². The van der Waals surface area contributed by atoms with Crippen molar-refractivity contribution in [2.45, 2.75) is 31.9 Å². The summed E-state index contributed by atoms with van der Waals surface area (Å²) in [4.78, 5) is 12.0. The van der Waals surface area contributed by atoms with Gasteiger partial charge in [0, 0.05) is 4.47 Å². The highest BCUT2D eigenvalue weighted by Crippen LogP contribution is 2.17. The number of halogens is 1. The number of aliphatic hydroxyl groups excluding tert-OH is 2. The van der Waals surface area contributed by atoms with Gasteiger partial charge in [-0.15, -0.1) is 0 Å². The third-order valence-electron chi connectivity index (χ3n) is 3.17. The first-order chi connectivity index (χ1) is 9.46. The molecule has 0 aromatic heterocycles. The Bertz CT molecular complexity index is 423. The van der Waals surface area contributed by atoms with E-state index in [2.05, 4.69) is 21.2 Å². The zero-order valence-electron chi connectivity index (χ0n) is 11.6. The highest BCUT2D eigenvalue weighted by atomic mass is 79.9. The molecule has 0 fully saturated rings. The van der Waals surface area contributed by atoms with Gasteiger partial charge < -0.3 is 20.3 Å². The number of hydrogen-bond acceptors (Lipinski definition) is 4. The van der Waals surface area contributed by atoms with Crippen molar-refractivity contribution in [3.63, 3.8) is 0 Å². The summed E-state index contributed by atoms with van der Waals surface area (Å²) in [6.45, 7) is 2.76. The number of benzene rings is 1. The maximum Gasteiger partial charge on any atom is 0.261 e. The summed E-state index contributed by atoms with van der Waals surface area (Å²) < 4.78 is 6.44. The van der Waals surface area contributed by atoms with Crippen LogP contribution in [0.5, 0.6) is 5.75 Å². The Hall–Kier alpha value is -1.11. The van der Waals surface area contributed by atoms with Crippen LogP contribution >= 0.6 is 15.9 Å². The second-order valence-electron chi connectivity index (χ2n) is 4.65. The van der Waals surface area contributed by atoms with Gasteiger partial charge in [-0.05, 0) is 37.6 Å². The number of amides is 1. The second kappa shape index (κ2) is 7.61. The number of aliphatic hydroxyl groups is 2. The summed E-state index contributed by atoms with van der Waals surface area (Å²) in [5.74, 6) is 0.198. The normalized spacial score (nSPS) is 12.8. The summed E-state index contributed by atoms with van der Waals surface area (Å²) in [7, 11) is 0. The minimum absolute atomic E-state index is 0.323. The lowest BCUT2D eigenvalue weighted by molar-refractivity contribution is -0.130. The summed E-state index contributed by atoms with van der Waals surface area (Å²) in [6.07, 6.45) is -0.295. The lowest BCUT2D eigenvalue weighted by atomic mass is 9.98. The number of nitrogens with one attached hydrogen (secondary N) is 1. The summed E-state index contributed by atoms with van der Waals surface area (Å²) in [5.41, 5.74) is -1.01. The first-order valence-corrected chi connectivity index (χ1v) is 7.21. The van der Waals surface area contributed by atoms with E-state index in [1.54, 1.807) is 26.0 Å². The number of carbonyl (C=O) groups excluding carboxylic acids is 1. The van der Waals surface area contributed by atoms with E-state index in [4.69, 9.17) is 4.74 Å². The first kappa shape index (κ1) is 16.9. The number of ether oxygens (including phenoxy) is 1. The van der Waals surface area contributed by atoms with Crippen LogP contribution in [-0.2, 0) is 4.79 Å². The Morgan fingerprint density at radius 2 is 1.90 bits per heavy atom. The summed E-state index contributed by atoms with van der Waals surface area (Å²) >= 11 is 3.32. The quantitative estimate of drug-likeness (QED) is 0.699. The van der Waals surface area contributed by atoms with E-state index in [0.29, 0.717) is 12.2 Å². The molecule has 0 saturated carbocycles. The van der Waals surface area contributed by atoms with Crippen LogP contribution in [0.4, 0.5) is 0 Å². The maximum atomic E-state index is 12.0. The predicted octanol–water partition coefficient (Wildman–Crippen LogP) is 1.47. The topological polar surface area (TPSA) is 78.8 Å². The van der Waals surface area contributed by atoms with Gasteiger partial charge in [-0.1, -0.05) is 22.9 Å². The third-order valence-corrected chi connectivity index (χ3v) is 3.69. The maximum absolute atomic E-state index is 12.0. The molecule has 5 nitrogen and oxygen atoms in total. The van der Waals surface area contributed by atoms with Crippen molar-refractivity contribution in [2.24, 2.45) is 0 Å². The van der Waals surface area contributed by atoms with Crippen LogP contribution in [0.3, 0.4) is 0 Å². The van der Waals surface area contributed by atoms with Gasteiger partial charge in [0.1, 0.15) is 5.75 Å². The SMILES string of the molecule is CCC(CO)(CO)NC(=O)C(C)Oc1ccc(Br)cc1. The Labute approximate surface area is 127 Å². The average Bonchev–Trinajstić information content (AvgIpc) is 2.47. The fourth-order valence-electron chi connectivity index (χ4n) is 1.57. The Morgan fingerprint density at radius 3 is 2.35 bits per heavy atom. The lowest BCUT2D eigenvalue weighted by Gasteiger charge is -2.31. The molecular formula is C14H20BrNO4. The molecule has 1 unspecified atom stereocenters. The predicted molar refractivity (Wildman–Crippen MR) is 79.6 cm³/mol. The summed E-state index contributed by atoms with van der Waals surface area (Å²) in [6, 6.07) is 7.13. The Morgan fingerprint density at radius 1 is 1.35 bits per heavy atom. The van der Waals surface area contributed by atoms with Crippen molar-refractivity contribution >= 4 is 21.8 Å². The zero-order chi connectivity index (χ0) is 15.2. The van der Waals surface area contributed by atoms with Gasteiger partial charge in [-0.2, -0.15) is 0 Å². The molecule has 1 aromatic carbocycles. The molecule has 3 N–H and O–H groups in total. The minimum atomic E-state index is -1.01. The largest absolute Gasteiger partial charge is 0.481 e. The molecule has 112 valence electrons. The molecule has 1 aromatic rings. The average molecular weight is 346 g/mol. The molecule has 1 atom stereocenters. The van der Waals surface area contributed by atoms with Crippen LogP contribution in [0.25, 0.3) is 0 Å². The Kier molecular flexibility index (Phi) is 6.45. The molecule has 0 heterocycles. The second-order valence-corrected chi connectivity index (χ2v) is 5.57. The molecule has 0 saturated heterocycles. The van der Waals surface area contributed by atoms with Gasteiger partial charge in [0.2, 0.25) is 0 Å². The van der Waals surface area contributed by atoms with E-state index in [9.17, 15) is 15.0 Å². The smallest absolute Gasteiger partial charge is 0.261 e. The molecule has 0 bridgehead atoms. The van der Waals surface area contributed by atoms with E-state index in [1.807, 2.05) is 12.1 Å². The van der Waals surface area contributed by atoms with Crippen molar-refractivity contribution in [3.8, 4) is 5.75 Å². The van der Waals surface area contributed by atoms with Gasteiger partial charge in [-0.3, -0.25) is 4.79 Å². The number of carbonyl (C=O) groups is 1. The minimum Gasteiger partial charge on any atom is -0.481 e. The van der Waals surface area contributed by atoms with Crippen molar-refractivity contribution < 1.29 is 19.7 Å². The van der Waals surface area contributed by atoms with Crippen molar-refractivity contribution in [1.29, 1.82) is 0 Å². The van der Waals surface area contributed by atoms with Crippen LogP contribution in [0.2, 0.25) is 0 Å². The fraction of sp³-hybridized carbons (Fsp3) is 0.500. The molecule has 0 spiro atoms. The lowest BCUT2D eigenvalue weighted by Crippen LogP contribution is -2.56. The molecule has 0 radical (unpaired) electrons. The molecule has 20 heavy (non-hydrogen) atoms. The van der Waals surface area contributed by atoms with Crippen LogP contribution in [0.15, 0.2) is 28.7 Å². The molecule has 1 rings (SSSR count). The van der Waals surface area contributed by atoms with Crippen molar-refractivity contribution in [3.05, 3.63) is 28.7 Å². The standard InChI is InChI=1S/C14H20BrNO4/c1-3-14(8-17,9-18)16-13(19)10(2)20-12-6-4-11(15)5-7-12/h4-7,10,17-18H,3,8-9H2,1-2H3,(H,16,19). The highest BCUT2D eigenvalue weighted by molar-refractivity contribution is 9.10. The van der Waals surface area contributed by atoms with Crippen LogP contribution in [-0.4, -0.2) is 41.0 Å². The van der Waals surface area contributed by atoms with E-state index in [0.717, 1.165) is 4.47 Å². The number of hydrogen-bond donors (Lipinski definition) is 3. The highest BCUT2D eigenvalue weighted by Gasteiger charge is 2.30. The third kappa shape index (κ3) is 4.47. The van der Waals surface area contributed by atoms with E-state index in [-0.39, 0.29) is 19.1 Å². The van der Waals surface area contributed by atoms with Gasteiger partial charge >= 0.3 is 0 Å². The van der Waals surface area contributed by atoms with E-state index < -0.39 is 11.6 Å². The van der Waals surface area contributed by atoms with Crippen LogP contribution in [0.1, 0.15) is 20.3 Å². The zero-order valence-corrected chi connectivity index (χ0v) is 13.2. The van der Waals surface area contributed by atoms with E-state index in [1.165, 1.54) is 0 Å². The fourth-order valence-corrected chi connectivity index (χ4v) is 1.84. The molecule has 6 heteroatoms. The molecule has 0 aliphatic carbocycles. The van der Waals surface area contributed by atoms with Gasteiger partial charge in [0.15, 0.2) is 6.10 Å². The molecule has 0 aliphatic rings. The van der Waals surface area contributed by atoms with E-state index >= 15 is 0 Å².